The molecule has 1 fully saturated rings. The van der Waals surface area contributed by atoms with Gasteiger partial charge in [-0.15, -0.1) is 0 Å². The summed E-state index contributed by atoms with van der Waals surface area (Å²) < 4.78 is 5.39. The van der Waals surface area contributed by atoms with Crippen molar-refractivity contribution in [2.45, 2.75) is 51.4 Å². The fraction of sp³-hybridized carbons (Fsp3) is 0.588. The van der Waals surface area contributed by atoms with Crippen molar-refractivity contribution in [3.05, 3.63) is 29.8 Å². The molecule has 1 aromatic carbocycles. The highest BCUT2D eigenvalue weighted by Crippen LogP contribution is 2.18. The molecule has 0 radical (unpaired) electrons. The minimum absolute atomic E-state index is 0.228. The molecule has 0 spiro atoms. The summed E-state index contributed by atoms with van der Waals surface area (Å²) in [7, 11) is 0. The first-order chi connectivity index (χ1) is 10.7. The lowest BCUT2D eigenvalue weighted by Crippen LogP contribution is -2.48. The Morgan fingerprint density at radius 1 is 1.30 bits per heavy atom. The van der Waals surface area contributed by atoms with E-state index in [0.29, 0.717) is 13.1 Å². The number of rotatable bonds is 3. The zero-order valence-electron chi connectivity index (χ0n) is 14.1. The van der Waals surface area contributed by atoms with Gasteiger partial charge in [-0.3, -0.25) is 5.32 Å². The Labute approximate surface area is 137 Å². The van der Waals surface area contributed by atoms with E-state index >= 15 is 0 Å². The number of piperidine rings is 1. The molecular weight excluding hydrogens is 294 g/mol. The number of benzene rings is 1. The van der Waals surface area contributed by atoms with Crippen LogP contribution in [0.5, 0.6) is 5.75 Å². The molecule has 1 aromatic rings. The number of nitrogens with two attached hydrogens (primary N) is 1. The lowest BCUT2D eigenvalue weighted by atomic mass is 10.0. The Morgan fingerprint density at radius 3 is 2.39 bits per heavy atom. The largest absolute Gasteiger partial charge is 0.508 e. The van der Waals surface area contributed by atoms with Gasteiger partial charge in [0.2, 0.25) is 0 Å². The van der Waals surface area contributed by atoms with Crippen LogP contribution in [-0.2, 0) is 4.74 Å². The van der Waals surface area contributed by atoms with Gasteiger partial charge in [-0.25, -0.2) is 4.79 Å². The van der Waals surface area contributed by atoms with Crippen LogP contribution in [0.25, 0.3) is 0 Å². The summed E-state index contributed by atoms with van der Waals surface area (Å²) in [4.78, 5) is 13.8. The van der Waals surface area contributed by atoms with Crippen molar-refractivity contribution in [3.8, 4) is 5.75 Å². The molecule has 1 unspecified atom stereocenters. The minimum atomic E-state index is -0.465. The molecule has 2 rings (SSSR count). The molecule has 23 heavy (non-hydrogen) atoms. The summed E-state index contributed by atoms with van der Waals surface area (Å²) in [6.45, 7) is 6.94. The fourth-order valence-electron chi connectivity index (χ4n) is 2.59. The predicted molar refractivity (Wildman–Crippen MR) is 89.0 cm³/mol. The van der Waals surface area contributed by atoms with Gasteiger partial charge in [0.1, 0.15) is 11.4 Å². The SMILES string of the molecule is CC(C)(C)OC(=O)N1CCC(NC(N)c2ccc(O)cc2)CC1. The minimum Gasteiger partial charge on any atom is -0.508 e. The van der Waals surface area contributed by atoms with E-state index < -0.39 is 5.60 Å². The quantitative estimate of drug-likeness (QED) is 0.744. The van der Waals surface area contributed by atoms with Crippen LogP contribution in [0.1, 0.15) is 45.3 Å². The summed E-state index contributed by atoms with van der Waals surface area (Å²) in [6, 6.07) is 7.13. The fourth-order valence-corrected chi connectivity index (χ4v) is 2.59. The van der Waals surface area contributed by atoms with Crippen molar-refractivity contribution < 1.29 is 14.6 Å². The maximum atomic E-state index is 12.0. The van der Waals surface area contributed by atoms with Crippen LogP contribution in [0, 0.1) is 0 Å². The third kappa shape index (κ3) is 5.41. The van der Waals surface area contributed by atoms with Gasteiger partial charge >= 0.3 is 6.09 Å². The lowest BCUT2D eigenvalue weighted by molar-refractivity contribution is 0.0196. The van der Waals surface area contributed by atoms with Crippen LogP contribution in [0.4, 0.5) is 4.79 Å². The first-order valence-corrected chi connectivity index (χ1v) is 8.03. The number of nitrogens with one attached hydrogen (secondary N) is 1. The zero-order valence-corrected chi connectivity index (χ0v) is 14.1. The van der Waals surface area contributed by atoms with Crippen molar-refractivity contribution in [1.82, 2.24) is 10.2 Å². The topological polar surface area (TPSA) is 87.8 Å². The number of hydrogen-bond acceptors (Lipinski definition) is 5. The van der Waals surface area contributed by atoms with E-state index in [4.69, 9.17) is 10.5 Å². The number of nitrogens with zero attached hydrogens (tertiary/aromatic N) is 1. The van der Waals surface area contributed by atoms with Crippen LogP contribution in [0.3, 0.4) is 0 Å². The normalized spacial score (nSPS) is 17.8. The number of hydrogen-bond donors (Lipinski definition) is 3. The number of aromatic hydroxyl groups is 1. The summed E-state index contributed by atoms with van der Waals surface area (Å²) in [5.41, 5.74) is 6.62. The maximum Gasteiger partial charge on any atom is 0.410 e. The van der Waals surface area contributed by atoms with Gasteiger partial charge < -0.3 is 20.5 Å². The molecule has 4 N–H and O–H groups in total. The zero-order chi connectivity index (χ0) is 17.0. The van der Waals surface area contributed by atoms with E-state index in [1.165, 1.54) is 0 Å². The number of carbonyl (C=O) groups excluding carboxylic acids is 1. The first-order valence-electron chi connectivity index (χ1n) is 8.03. The highest BCUT2D eigenvalue weighted by atomic mass is 16.6. The van der Waals surface area contributed by atoms with Crippen molar-refractivity contribution >= 4 is 6.09 Å². The molecule has 0 aliphatic carbocycles. The van der Waals surface area contributed by atoms with E-state index in [0.717, 1.165) is 18.4 Å². The number of phenols is 1. The van der Waals surface area contributed by atoms with Gasteiger partial charge in [-0.1, -0.05) is 12.1 Å². The van der Waals surface area contributed by atoms with E-state index in [1.54, 1.807) is 17.0 Å². The van der Waals surface area contributed by atoms with Crippen molar-refractivity contribution in [2.24, 2.45) is 5.73 Å². The smallest absolute Gasteiger partial charge is 0.410 e. The third-order valence-electron chi connectivity index (χ3n) is 3.81. The molecule has 1 saturated heterocycles. The Bertz CT molecular complexity index is 517. The number of likely N-dealkylation sites (tertiary alicyclic amines) is 1. The molecule has 6 nitrogen and oxygen atoms in total. The maximum absolute atomic E-state index is 12.0. The Kier molecular flexibility index (Phi) is 5.49. The van der Waals surface area contributed by atoms with Gasteiger partial charge in [0.15, 0.2) is 0 Å². The molecule has 1 amide bonds. The molecule has 6 heteroatoms. The summed E-state index contributed by atoms with van der Waals surface area (Å²) in [6.07, 6.45) is 1.14. The highest BCUT2D eigenvalue weighted by Gasteiger charge is 2.27. The Morgan fingerprint density at radius 2 is 1.87 bits per heavy atom. The van der Waals surface area contributed by atoms with Crippen LogP contribution in [0.15, 0.2) is 24.3 Å². The van der Waals surface area contributed by atoms with Gasteiger partial charge in [0, 0.05) is 19.1 Å². The number of ether oxygens (including phenoxy) is 1. The molecule has 1 heterocycles. The number of amides is 1. The van der Waals surface area contributed by atoms with Crippen LogP contribution in [0.2, 0.25) is 0 Å². The second-order valence-corrected chi connectivity index (χ2v) is 6.98. The Balaban J connectivity index is 1.80. The van der Waals surface area contributed by atoms with Gasteiger partial charge in [-0.05, 0) is 51.3 Å². The van der Waals surface area contributed by atoms with Crippen molar-refractivity contribution in [2.75, 3.05) is 13.1 Å². The third-order valence-corrected chi connectivity index (χ3v) is 3.81. The van der Waals surface area contributed by atoms with Crippen LogP contribution < -0.4 is 11.1 Å². The van der Waals surface area contributed by atoms with Crippen molar-refractivity contribution in [1.29, 1.82) is 0 Å². The second-order valence-electron chi connectivity index (χ2n) is 6.98. The molecule has 128 valence electrons. The standard InChI is InChI=1S/C17H27N3O3/c1-17(2,3)23-16(22)20-10-8-13(9-11-20)19-15(18)12-4-6-14(21)7-5-12/h4-7,13,15,19,21H,8-11,18H2,1-3H3. The Hall–Kier alpha value is -1.79. The van der Waals surface area contributed by atoms with Crippen LogP contribution in [-0.4, -0.2) is 40.8 Å². The van der Waals surface area contributed by atoms with Gasteiger partial charge in [0.05, 0.1) is 6.17 Å². The average molecular weight is 321 g/mol. The molecule has 0 saturated carbocycles. The van der Waals surface area contributed by atoms with Crippen LogP contribution >= 0.6 is 0 Å². The van der Waals surface area contributed by atoms with E-state index in [9.17, 15) is 9.90 Å². The number of phenolic OH excluding ortho intramolecular Hbond substituents is 1. The predicted octanol–water partition coefficient (Wildman–Crippen LogP) is 2.34. The summed E-state index contributed by atoms with van der Waals surface area (Å²) in [5, 5.41) is 12.7. The molecule has 0 aromatic heterocycles. The molecule has 0 bridgehead atoms. The average Bonchev–Trinajstić information content (AvgIpc) is 2.46. The van der Waals surface area contributed by atoms with E-state index in [1.807, 2.05) is 32.9 Å². The highest BCUT2D eigenvalue weighted by molar-refractivity contribution is 5.68. The monoisotopic (exact) mass is 321 g/mol. The summed E-state index contributed by atoms with van der Waals surface area (Å²) in [5.74, 6) is 0.228. The van der Waals surface area contributed by atoms with Gasteiger partial charge in [-0.2, -0.15) is 0 Å². The lowest BCUT2D eigenvalue weighted by Gasteiger charge is -2.34. The second kappa shape index (κ2) is 7.19. The van der Waals surface area contributed by atoms with Crippen molar-refractivity contribution in [3.63, 3.8) is 0 Å². The van der Waals surface area contributed by atoms with Gasteiger partial charge in [0.25, 0.3) is 0 Å². The summed E-state index contributed by atoms with van der Waals surface area (Å²) >= 11 is 0. The molecule has 1 aliphatic rings. The first kappa shape index (κ1) is 17.6. The van der Waals surface area contributed by atoms with E-state index in [2.05, 4.69) is 5.32 Å². The molecular formula is C17H27N3O3. The molecule has 1 aliphatic heterocycles. The van der Waals surface area contributed by atoms with E-state index in [-0.39, 0.29) is 24.1 Å². The molecule has 1 atom stereocenters. The number of carbonyl (C=O) groups is 1.